The molecular formula is C8H8BrNO4. The number of hydrogen-bond acceptors (Lipinski definition) is 4. The summed E-state index contributed by atoms with van der Waals surface area (Å²) < 4.78 is 10.2. The lowest BCUT2D eigenvalue weighted by Crippen LogP contribution is -1.95. The maximum absolute atomic E-state index is 10.6. The van der Waals surface area contributed by atoms with Gasteiger partial charge >= 0.3 is 0 Å². The van der Waals surface area contributed by atoms with Crippen LogP contribution in [0.4, 0.5) is 5.69 Å². The van der Waals surface area contributed by atoms with E-state index in [0.717, 1.165) is 0 Å². The summed E-state index contributed by atoms with van der Waals surface area (Å²) in [4.78, 5) is 10.1. The molecule has 0 radical (unpaired) electrons. The molecule has 0 atom stereocenters. The van der Waals surface area contributed by atoms with Crippen molar-refractivity contribution in [2.45, 2.75) is 0 Å². The van der Waals surface area contributed by atoms with Crippen LogP contribution >= 0.6 is 15.9 Å². The first kappa shape index (κ1) is 10.8. The Morgan fingerprint density at radius 2 is 2.00 bits per heavy atom. The summed E-state index contributed by atoms with van der Waals surface area (Å²) in [6, 6.07) is 2.84. The molecule has 0 unspecified atom stereocenters. The molecule has 0 fully saturated rings. The predicted molar refractivity (Wildman–Crippen MR) is 53.9 cm³/mol. The van der Waals surface area contributed by atoms with Crippen molar-refractivity contribution in [1.82, 2.24) is 0 Å². The summed E-state index contributed by atoms with van der Waals surface area (Å²) in [6.45, 7) is 0. The largest absolute Gasteiger partial charge is 0.493 e. The minimum atomic E-state index is -0.494. The summed E-state index contributed by atoms with van der Waals surface area (Å²) in [5.41, 5.74) is -0.0531. The fourth-order valence-electron chi connectivity index (χ4n) is 1.02. The summed E-state index contributed by atoms with van der Waals surface area (Å²) in [7, 11) is 2.89. The zero-order valence-electron chi connectivity index (χ0n) is 7.61. The number of methoxy groups -OCH3 is 2. The molecule has 1 aromatic rings. The third-order valence-electron chi connectivity index (χ3n) is 1.66. The van der Waals surface area contributed by atoms with Crippen LogP contribution in [0.2, 0.25) is 0 Å². The van der Waals surface area contributed by atoms with Gasteiger partial charge in [0.1, 0.15) is 4.47 Å². The molecule has 14 heavy (non-hydrogen) atoms. The van der Waals surface area contributed by atoms with E-state index < -0.39 is 4.92 Å². The number of nitro groups is 1. The standard InChI is InChI=1S/C8H8BrNO4/c1-13-6-4-3-5(10(11)12)7(9)8(6)14-2/h3-4H,1-2H3. The fraction of sp³-hybridized carbons (Fsp3) is 0.250. The molecule has 0 amide bonds. The lowest BCUT2D eigenvalue weighted by atomic mass is 10.3. The predicted octanol–water partition coefficient (Wildman–Crippen LogP) is 2.37. The lowest BCUT2D eigenvalue weighted by molar-refractivity contribution is -0.385. The van der Waals surface area contributed by atoms with Crippen molar-refractivity contribution < 1.29 is 14.4 Å². The van der Waals surface area contributed by atoms with Gasteiger partial charge in [-0.05, 0) is 22.0 Å². The van der Waals surface area contributed by atoms with Crippen LogP contribution < -0.4 is 9.47 Å². The molecule has 0 heterocycles. The molecule has 0 aliphatic carbocycles. The molecule has 0 saturated carbocycles. The van der Waals surface area contributed by atoms with Gasteiger partial charge in [-0.1, -0.05) is 0 Å². The molecule has 0 aromatic heterocycles. The number of rotatable bonds is 3. The van der Waals surface area contributed by atoms with E-state index in [1.54, 1.807) is 0 Å². The first-order valence-corrected chi connectivity index (χ1v) is 4.46. The van der Waals surface area contributed by atoms with Gasteiger partial charge in [0.2, 0.25) is 0 Å². The summed E-state index contributed by atoms with van der Waals surface area (Å²) in [5, 5.41) is 10.6. The smallest absolute Gasteiger partial charge is 0.287 e. The first-order chi connectivity index (χ1) is 6.61. The molecule has 0 bridgehead atoms. The number of nitrogens with zero attached hydrogens (tertiary/aromatic N) is 1. The van der Waals surface area contributed by atoms with Crippen molar-refractivity contribution in [2.24, 2.45) is 0 Å². The van der Waals surface area contributed by atoms with Crippen LogP contribution in [0.3, 0.4) is 0 Å². The number of hydrogen-bond donors (Lipinski definition) is 0. The van der Waals surface area contributed by atoms with E-state index in [0.29, 0.717) is 11.5 Å². The first-order valence-electron chi connectivity index (χ1n) is 3.66. The lowest BCUT2D eigenvalue weighted by Gasteiger charge is -2.08. The maximum Gasteiger partial charge on any atom is 0.287 e. The van der Waals surface area contributed by atoms with Gasteiger partial charge < -0.3 is 9.47 Å². The summed E-state index contributed by atoms with van der Waals surface area (Å²) in [5.74, 6) is 0.770. The molecular weight excluding hydrogens is 254 g/mol. The number of halogens is 1. The summed E-state index contributed by atoms with van der Waals surface area (Å²) >= 11 is 3.09. The highest BCUT2D eigenvalue weighted by Gasteiger charge is 2.19. The highest BCUT2D eigenvalue weighted by atomic mass is 79.9. The minimum absolute atomic E-state index is 0.0531. The fourth-order valence-corrected chi connectivity index (χ4v) is 1.65. The van der Waals surface area contributed by atoms with E-state index in [2.05, 4.69) is 15.9 Å². The van der Waals surface area contributed by atoms with E-state index in [9.17, 15) is 10.1 Å². The van der Waals surface area contributed by atoms with Crippen LogP contribution in [-0.4, -0.2) is 19.1 Å². The normalized spacial score (nSPS) is 9.64. The van der Waals surface area contributed by atoms with Crippen molar-refractivity contribution in [1.29, 1.82) is 0 Å². The van der Waals surface area contributed by atoms with Gasteiger partial charge in [0.25, 0.3) is 5.69 Å². The van der Waals surface area contributed by atoms with E-state index >= 15 is 0 Å². The Labute approximate surface area is 88.9 Å². The Hall–Kier alpha value is -1.30. The zero-order chi connectivity index (χ0) is 10.7. The second-order valence-electron chi connectivity index (χ2n) is 2.39. The topological polar surface area (TPSA) is 61.6 Å². The molecule has 6 heteroatoms. The van der Waals surface area contributed by atoms with Crippen molar-refractivity contribution in [3.63, 3.8) is 0 Å². The second kappa shape index (κ2) is 4.28. The van der Waals surface area contributed by atoms with Crippen LogP contribution in [0.5, 0.6) is 11.5 Å². The Bertz CT molecular complexity index is 367. The van der Waals surface area contributed by atoms with Crippen LogP contribution in [-0.2, 0) is 0 Å². The van der Waals surface area contributed by atoms with Gasteiger partial charge in [0.15, 0.2) is 11.5 Å². The molecule has 0 saturated heterocycles. The Kier molecular flexibility index (Phi) is 3.29. The summed E-state index contributed by atoms with van der Waals surface area (Å²) in [6.07, 6.45) is 0. The van der Waals surface area contributed by atoms with Crippen molar-refractivity contribution in [3.8, 4) is 11.5 Å². The molecule has 1 rings (SSSR count). The van der Waals surface area contributed by atoms with E-state index in [-0.39, 0.29) is 10.2 Å². The Balaban J connectivity index is 3.34. The van der Waals surface area contributed by atoms with Crippen molar-refractivity contribution >= 4 is 21.6 Å². The monoisotopic (exact) mass is 261 g/mol. The maximum atomic E-state index is 10.6. The van der Waals surface area contributed by atoms with Crippen LogP contribution in [0, 0.1) is 10.1 Å². The van der Waals surface area contributed by atoms with Gasteiger partial charge in [-0.15, -0.1) is 0 Å². The number of ether oxygens (including phenoxy) is 2. The molecule has 0 N–H and O–H groups in total. The van der Waals surface area contributed by atoms with Crippen LogP contribution in [0.25, 0.3) is 0 Å². The molecule has 1 aromatic carbocycles. The Morgan fingerprint density at radius 3 is 2.43 bits per heavy atom. The van der Waals surface area contributed by atoms with Gasteiger partial charge in [-0.2, -0.15) is 0 Å². The zero-order valence-corrected chi connectivity index (χ0v) is 9.20. The molecule has 0 aliphatic heterocycles. The van der Waals surface area contributed by atoms with Crippen molar-refractivity contribution in [2.75, 3.05) is 14.2 Å². The van der Waals surface area contributed by atoms with Crippen LogP contribution in [0.1, 0.15) is 0 Å². The average molecular weight is 262 g/mol. The third kappa shape index (κ3) is 1.79. The number of nitro benzene ring substituents is 1. The van der Waals surface area contributed by atoms with E-state index in [4.69, 9.17) is 9.47 Å². The molecule has 0 aliphatic rings. The minimum Gasteiger partial charge on any atom is -0.493 e. The Morgan fingerprint density at radius 1 is 1.36 bits per heavy atom. The third-order valence-corrected chi connectivity index (χ3v) is 2.43. The molecule has 5 nitrogen and oxygen atoms in total. The SMILES string of the molecule is COc1ccc([N+](=O)[O-])c(Br)c1OC. The second-order valence-corrected chi connectivity index (χ2v) is 3.18. The van der Waals surface area contributed by atoms with E-state index in [1.807, 2.05) is 0 Å². The molecule has 76 valence electrons. The van der Waals surface area contributed by atoms with Crippen molar-refractivity contribution in [3.05, 3.63) is 26.7 Å². The number of benzene rings is 1. The highest BCUT2D eigenvalue weighted by molar-refractivity contribution is 9.10. The average Bonchev–Trinajstić information content (AvgIpc) is 2.16. The van der Waals surface area contributed by atoms with Gasteiger partial charge in [-0.25, -0.2) is 0 Å². The van der Waals surface area contributed by atoms with Gasteiger partial charge in [0, 0.05) is 6.07 Å². The van der Waals surface area contributed by atoms with E-state index in [1.165, 1.54) is 26.4 Å². The highest BCUT2D eigenvalue weighted by Crippen LogP contribution is 2.40. The van der Waals surface area contributed by atoms with Crippen LogP contribution in [0.15, 0.2) is 16.6 Å². The van der Waals surface area contributed by atoms with Gasteiger partial charge in [-0.3, -0.25) is 10.1 Å². The van der Waals surface area contributed by atoms with Gasteiger partial charge in [0.05, 0.1) is 19.1 Å². The quantitative estimate of drug-likeness (QED) is 0.619. The molecule has 0 spiro atoms.